The van der Waals surface area contributed by atoms with Gasteiger partial charge in [-0.25, -0.2) is 0 Å². The van der Waals surface area contributed by atoms with Crippen LogP contribution in [0, 0.1) is 0 Å². The molecule has 176 valence electrons. The molecule has 0 saturated carbocycles. The van der Waals surface area contributed by atoms with Crippen molar-refractivity contribution in [3.8, 4) is 0 Å². The average Bonchev–Trinajstić information content (AvgIpc) is 2.59. The molecule has 31 heavy (non-hydrogen) atoms. The topological polar surface area (TPSA) is 163 Å². The summed E-state index contributed by atoms with van der Waals surface area (Å²) < 4.78 is 28.4. The van der Waals surface area contributed by atoms with Gasteiger partial charge in [0.05, 0.1) is 0 Å². The SMILES string of the molecule is O=C([O][Al]([O]C(=O)C(Cl)Cl)[CH]([Al]([O]C(=O)C(Cl)Cl)[O]C(=O)C(Cl)Cl)P(=O)(O)O)C(Cl)Cl. The first kappa shape index (κ1) is 32.4. The monoisotopic (exact) mass is 656 g/mol. The minimum absolute atomic E-state index is 1.52. The molecule has 0 rings (SSSR count). The second-order valence-corrected chi connectivity index (χ2v) is 16.7. The van der Waals surface area contributed by atoms with Crippen LogP contribution in [-0.4, -0.2) is 86.0 Å². The van der Waals surface area contributed by atoms with Gasteiger partial charge in [0, 0.05) is 0 Å². The standard InChI is InChI=1S/4C2H2Cl2O2.CH3O3P.2Al/c4*3-1(4)2(5)6;1-5(2,3)4;;/h4*1H,(H,5,6);1H,(H2,2,3,4);;/q;;;;;2*+2/p-4. The highest BCUT2D eigenvalue weighted by molar-refractivity contribution is 7.58. The summed E-state index contributed by atoms with van der Waals surface area (Å²) in [5, 5.41) is 0. The molecular formula is C9H7Al2Cl8O11P. The summed E-state index contributed by atoms with van der Waals surface area (Å²) in [6.07, 6.45) is 0. The number of carbonyl (C=O) groups is 4. The number of alkyl halides is 8. The fraction of sp³-hybridized carbons (Fsp3) is 0.556. The molecule has 0 aliphatic carbocycles. The lowest BCUT2D eigenvalue weighted by molar-refractivity contribution is -0.139. The maximum Gasteiger partial charge on any atom is 0.870 e. The van der Waals surface area contributed by atoms with E-state index >= 15 is 0 Å². The molecule has 0 aromatic heterocycles. The molecule has 11 nitrogen and oxygen atoms in total. The molecule has 0 bridgehead atoms. The average molecular weight is 660 g/mol. The van der Waals surface area contributed by atoms with Crippen molar-refractivity contribution < 1.29 is 48.7 Å². The van der Waals surface area contributed by atoms with Crippen LogP contribution >= 0.6 is 100 Å². The molecule has 22 heteroatoms. The molecule has 0 saturated heterocycles. The van der Waals surface area contributed by atoms with Gasteiger partial charge in [0.15, 0.2) is 0 Å². The normalized spacial score (nSPS) is 11.7. The molecule has 0 aromatic carbocycles. The van der Waals surface area contributed by atoms with Crippen molar-refractivity contribution in [3.05, 3.63) is 0 Å². The van der Waals surface area contributed by atoms with Gasteiger partial charge in [-0.2, -0.15) is 0 Å². The number of rotatable bonds is 11. The molecule has 0 aliphatic rings. The van der Waals surface area contributed by atoms with E-state index in [0.717, 1.165) is 0 Å². The van der Waals surface area contributed by atoms with Crippen LogP contribution in [-0.2, 0) is 38.9 Å². The molecule has 0 unspecified atom stereocenters. The fourth-order valence-corrected chi connectivity index (χ4v) is 9.89. The molecule has 0 aromatic rings. The summed E-state index contributed by atoms with van der Waals surface area (Å²) in [5.74, 6) is -6.06. The summed E-state index contributed by atoms with van der Waals surface area (Å²) in [6, 6.07) is 0. The molecule has 0 amide bonds. The Morgan fingerprint density at radius 1 is 0.581 bits per heavy atom. The maximum atomic E-state index is 12.2. The van der Waals surface area contributed by atoms with Crippen LogP contribution in [0.3, 0.4) is 0 Å². The van der Waals surface area contributed by atoms with Crippen LogP contribution in [0.15, 0.2) is 0 Å². The minimum atomic E-state index is -5.56. The Kier molecular flexibility index (Phi) is 15.4. The lowest BCUT2D eigenvalue weighted by atomic mass is 10.8. The summed E-state index contributed by atoms with van der Waals surface area (Å²) >= 11 is 33.7. The van der Waals surface area contributed by atoms with Gasteiger partial charge in [-0.3, -0.25) is 23.7 Å². The Balaban J connectivity index is 6.40. The van der Waals surface area contributed by atoms with E-state index in [1.807, 2.05) is 0 Å². The van der Waals surface area contributed by atoms with E-state index < -0.39 is 83.8 Å². The Morgan fingerprint density at radius 2 is 0.774 bits per heavy atom. The lowest BCUT2D eigenvalue weighted by Gasteiger charge is -2.25. The lowest BCUT2D eigenvalue weighted by Crippen LogP contribution is -2.54. The second kappa shape index (κ2) is 14.7. The van der Waals surface area contributed by atoms with Gasteiger partial charge in [-0.15, -0.1) is 0 Å². The van der Waals surface area contributed by atoms with Crippen molar-refractivity contribution >= 4 is 154 Å². The van der Waals surface area contributed by atoms with Crippen molar-refractivity contribution in [2.24, 2.45) is 0 Å². The number of carbonyl (C=O) groups excluding carboxylic acids is 4. The van der Waals surface area contributed by atoms with Gasteiger partial charge in [-0.05, 0) is 0 Å². The third kappa shape index (κ3) is 12.1. The first-order chi connectivity index (χ1) is 14.0. The molecular weight excluding hydrogens is 653 g/mol. The van der Waals surface area contributed by atoms with E-state index in [-0.39, 0.29) is 0 Å². The Bertz CT molecular complexity index is 627. The quantitative estimate of drug-likeness (QED) is 0.190. The first-order valence-corrected chi connectivity index (χ1v) is 15.4. The van der Waals surface area contributed by atoms with Crippen LogP contribution in [0.2, 0.25) is 0 Å². The smallest absolute Gasteiger partial charge is 0.583 e. The molecule has 0 aliphatic heterocycles. The molecule has 0 fully saturated rings. The highest BCUT2D eigenvalue weighted by Crippen LogP contribution is 2.45. The molecule has 0 radical (unpaired) electrons. The molecule has 2 N–H and O–H groups in total. The number of halogens is 8. The van der Waals surface area contributed by atoms with E-state index in [2.05, 4.69) is 0 Å². The van der Waals surface area contributed by atoms with E-state index in [1.54, 1.807) is 0 Å². The summed E-state index contributed by atoms with van der Waals surface area (Å²) in [6.45, 7) is 0. The summed E-state index contributed by atoms with van der Waals surface area (Å²) in [7, 11) is -5.56. The Labute approximate surface area is 223 Å². The predicted octanol–water partition coefficient (Wildman–Crippen LogP) is 1.98. The van der Waals surface area contributed by atoms with Gasteiger partial charge in [0.2, 0.25) is 19.3 Å². The predicted molar refractivity (Wildman–Crippen MR) is 114 cm³/mol. The molecule has 0 spiro atoms. The maximum absolute atomic E-state index is 12.2. The highest BCUT2D eigenvalue weighted by Gasteiger charge is 2.69. The Hall–Kier alpha value is 1.41. The van der Waals surface area contributed by atoms with Crippen molar-refractivity contribution in [2.75, 3.05) is 0 Å². The fourth-order valence-electron chi connectivity index (χ4n) is 1.44. The van der Waals surface area contributed by atoms with E-state index in [4.69, 9.17) is 108 Å². The van der Waals surface area contributed by atoms with Gasteiger partial charge in [-0.1, -0.05) is 92.8 Å². The third-order valence-corrected chi connectivity index (χ3v) is 13.4. The largest absolute Gasteiger partial charge is 0.870 e. The number of hydrogen-bond acceptors (Lipinski definition) is 9. The van der Waals surface area contributed by atoms with Crippen LogP contribution in [0.25, 0.3) is 0 Å². The molecule has 0 atom stereocenters. The van der Waals surface area contributed by atoms with Gasteiger partial charge in [0.25, 0.3) is 0 Å². The van der Waals surface area contributed by atoms with Gasteiger partial charge < -0.3 is 24.9 Å². The van der Waals surface area contributed by atoms with E-state index in [0.29, 0.717) is 0 Å². The summed E-state index contributed by atoms with van der Waals surface area (Å²) in [5.41, 5.74) is 0. The zero-order chi connectivity index (χ0) is 24.7. The number of hydrogen-bond donors (Lipinski definition) is 2. The van der Waals surface area contributed by atoms with Crippen LogP contribution < -0.4 is 0 Å². The van der Waals surface area contributed by atoms with E-state index in [1.165, 1.54) is 0 Å². The van der Waals surface area contributed by atoms with Crippen molar-refractivity contribution in [1.29, 1.82) is 0 Å². The summed E-state index contributed by atoms with van der Waals surface area (Å²) in [4.78, 5) is 59.0. The third-order valence-electron chi connectivity index (χ3n) is 2.59. The van der Waals surface area contributed by atoms with Crippen molar-refractivity contribution in [3.63, 3.8) is 0 Å². The zero-order valence-electron chi connectivity index (χ0n) is 14.1. The van der Waals surface area contributed by atoms with Crippen molar-refractivity contribution in [2.45, 2.75) is 22.7 Å². The highest BCUT2D eigenvalue weighted by atomic mass is 35.5. The Morgan fingerprint density at radius 3 is 0.903 bits per heavy atom. The zero-order valence-corrected chi connectivity index (χ0v) is 23.3. The molecule has 0 heterocycles. The van der Waals surface area contributed by atoms with E-state index in [9.17, 15) is 33.5 Å². The minimum Gasteiger partial charge on any atom is -0.583 e. The van der Waals surface area contributed by atoms with Gasteiger partial charge in [0.1, 0.15) is 3.38 Å². The van der Waals surface area contributed by atoms with Crippen molar-refractivity contribution in [1.82, 2.24) is 0 Å². The van der Waals surface area contributed by atoms with Gasteiger partial charge >= 0.3 is 61.1 Å². The van der Waals surface area contributed by atoms with Crippen LogP contribution in [0.1, 0.15) is 0 Å². The van der Waals surface area contributed by atoms with Crippen LogP contribution in [0.4, 0.5) is 0 Å². The van der Waals surface area contributed by atoms with Crippen LogP contribution in [0.5, 0.6) is 0 Å². The second-order valence-electron chi connectivity index (χ2n) is 4.77. The first-order valence-electron chi connectivity index (χ1n) is 6.98.